The first-order chi connectivity index (χ1) is 9.97. The molecule has 0 atom stereocenters. The minimum Gasteiger partial charge on any atom is -0.398 e. The SMILES string of the molecule is Cc1ccc(CCC(=O)Nc2c(C)ccc(N)c2C)cc1. The number of nitrogen functional groups attached to an aromatic ring is 1. The summed E-state index contributed by atoms with van der Waals surface area (Å²) in [6, 6.07) is 12.1. The Hall–Kier alpha value is -2.29. The summed E-state index contributed by atoms with van der Waals surface area (Å²) in [5.41, 5.74) is 11.8. The van der Waals surface area contributed by atoms with E-state index in [9.17, 15) is 4.79 Å². The first kappa shape index (κ1) is 15.1. The van der Waals surface area contributed by atoms with Crippen molar-refractivity contribution in [3.63, 3.8) is 0 Å². The predicted octanol–water partition coefficient (Wildman–Crippen LogP) is 3.77. The van der Waals surface area contributed by atoms with E-state index in [2.05, 4.69) is 36.5 Å². The minimum atomic E-state index is 0.0207. The molecular formula is C18H22N2O. The molecule has 0 heterocycles. The van der Waals surface area contributed by atoms with Gasteiger partial charge < -0.3 is 11.1 Å². The molecule has 0 aromatic heterocycles. The molecule has 0 radical (unpaired) electrons. The van der Waals surface area contributed by atoms with Crippen molar-refractivity contribution in [3.8, 4) is 0 Å². The molecule has 3 N–H and O–H groups in total. The van der Waals surface area contributed by atoms with Crippen LogP contribution in [-0.4, -0.2) is 5.91 Å². The van der Waals surface area contributed by atoms with Crippen molar-refractivity contribution in [1.29, 1.82) is 0 Å². The van der Waals surface area contributed by atoms with Crippen LogP contribution in [0.5, 0.6) is 0 Å². The Labute approximate surface area is 126 Å². The number of hydrogen-bond acceptors (Lipinski definition) is 2. The number of nitrogens with one attached hydrogen (secondary N) is 1. The van der Waals surface area contributed by atoms with Gasteiger partial charge in [-0.25, -0.2) is 0 Å². The number of aryl methyl sites for hydroxylation is 3. The lowest BCUT2D eigenvalue weighted by Crippen LogP contribution is -2.14. The topological polar surface area (TPSA) is 55.1 Å². The summed E-state index contributed by atoms with van der Waals surface area (Å²) in [6.07, 6.45) is 1.21. The third kappa shape index (κ3) is 3.85. The summed E-state index contributed by atoms with van der Waals surface area (Å²) < 4.78 is 0. The maximum absolute atomic E-state index is 12.1. The van der Waals surface area contributed by atoms with Crippen molar-refractivity contribution in [2.24, 2.45) is 0 Å². The first-order valence-electron chi connectivity index (χ1n) is 7.18. The molecule has 110 valence electrons. The fraction of sp³-hybridized carbons (Fsp3) is 0.278. The van der Waals surface area contributed by atoms with Gasteiger partial charge in [-0.2, -0.15) is 0 Å². The number of carbonyl (C=O) groups is 1. The quantitative estimate of drug-likeness (QED) is 0.839. The van der Waals surface area contributed by atoms with Gasteiger partial charge in [0.15, 0.2) is 0 Å². The average molecular weight is 282 g/mol. The van der Waals surface area contributed by atoms with Crippen LogP contribution in [0.15, 0.2) is 36.4 Å². The van der Waals surface area contributed by atoms with Crippen LogP contribution in [0.25, 0.3) is 0 Å². The summed E-state index contributed by atoms with van der Waals surface area (Å²) in [7, 11) is 0. The highest BCUT2D eigenvalue weighted by Gasteiger charge is 2.09. The number of anilines is 2. The van der Waals surface area contributed by atoms with Crippen LogP contribution in [-0.2, 0) is 11.2 Å². The molecule has 0 spiro atoms. The highest BCUT2D eigenvalue weighted by Crippen LogP contribution is 2.25. The zero-order chi connectivity index (χ0) is 15.4. The smallest absolute Gasteiger partial charge is 0.224 e. The normalized spacial score (nSPS) is 10.4. The van der Waals surface area contributed by atoms with Gasteiger partial charge >= 0.3 is 0 Å². The maximum atomic E-state index is 12.1. The molecule has 0 saturated heterocycles. The van der Waals surface area contributed by atoms with E-state index < -0.39 is 0 Å². The minimum absolute atomic E-state index is 0.0207. The van der Waals surface area contributed by atoms with Gasteiger partial charge in [0.05, 0.1) is 0 Å². The van der Waals surface area contributed by atoms with E-state index in [0.29, 0.717) is 12.1 Å². The van der Waals surface area contributed by atoms with E-state index in [1.54, 1.807) is 0 Å². The number of hydrogen-bond donors (Lipinski definition) is 2. The van der Waals surface area contributed by atoms with Gasteiger partial charge in [0, 0.05) is 17.8 Å². The molecule has 0 bridgehead atoms. The van der Waals surface area contributed by atoms with Gasteiger partial charge in [0.2, 0.25) is 5.91 Å². The second-order valence-corrected chi connectivity index (χ2v) is 5.51. The highest BCUT2D eigenvalue weighted by molar-refractivity contribution is 5.93. The van der Waals surface area contributed by atoms with Crippen molar-refractivity contribution in [3.05, 3.63) is 58.7 Å². The Kier molecular flexibility index (Phi) is 4.63. The summed E-state index contributed by atoms with van der Waals surface area (Å²) in [5, 5.41) is 2.98. The van der Waals surface area contributed by atoms with Crippen LogP contribution in [0.4, 0.5) is 11.4 Å². The molecule has 1 amide bonds. The van der Waals surface area contributed by atoms with Gasteiger partial charge in [-0.3, -0.25) is 4.79 Å². The second-order valence-electron chi connectivity index (χ2n) is 5.51. The Bertz CT molecular complexity index is 645. The van der Waals surface area contributed by atoms with E-state index in [0.717, 1.165) is 23.2 Å². The summed E-state index contributed by atoms with van der Waals surface area (Å²) in [6.45, 7) is 5.96. The van der Waals surface area contributed by atoms with Crippen molar-refractivity contribution in [2.75, 3.05) is 11.1 Å². The van der Waals surface area contributed by atoms with Crippen LogP contribution < -0.4 is 11.1 Å². The van der Waals surface area contributed by atoms with Crippen LogP contribution in [0.3, 0.4) is 0 Å². The zero-order valence-electron chi connectivity index (χ0n) is 12.9. The lowest BCUT2D eigenvalue weighted by molar-refractivity contribution is -0.116. The molecule has 0 saturated carbocycles. The Morgan fingerprint density at radius 1 is 1.05 bits per heavy atom. The Morgan fingerprint density at radius 2 is 1.71 bits per heavy atom. The monoisotopic (exact) mass is 282 g/mol. The molecular weight excluding hydrogens is 260 g/mol. The molecule has 2 aromatic rings. The van der Waals surface area contributed by atoms with Gasteiger partial charge in [-0.15, -0.1) is 0 Å². The van der Waals surface area contributed by atoms with Crippen molar-refractivity contribution >= 4 is 17.3 Å². The second kappa shape index (κ2) is 6.44. The number of nitrogens with two attached hydrogens (primary N) is 1. The zero-order valence-corrected chi connectivity index (χ0v) is 12.9. The van der Waals surface area contributed by atoms with Crippen LogP contribution in [0, 0.1) is 20.8 Å². The van der Waals surface area contributed by atoms with Crippen LogP contribution in [0.1, 0.15) is 28.7 Å². The predicted molar refractivity (Wildman–Crippen MR) is 88.5 cm³/mol. The van der Waals surface area contributed by atoms with Crippen LogP contribution >= 0.6 is 0 Å². The van der Waals surface area contributed by atoms with Crippen molar-refractivity contribution in [1.82, 2.24) is 0 Å². The van der Waals surface area contributed by atoms with E-state index in [-0.39, 0.29) is 5.91 Å². The molecule has 0 fully saturated rings. The largest absolute Gasteiger partial charge is 0.398 e. The standard InChI is InChI=1S/C18H22N2O/c1-12-4-7-15(8-5-12)9-11-17(21)20-18-13(2)6-10-16(19)14(18)3/h4-8,10H,9,11,19H2,1-3H3,(H,20,21). The average Bonchev–Trinajstić information content (AvgIpc) is 2.47. The third-order valence-electron chi connectivity index (χ3n) is 3.74. The molecule has 2 rings (SSSR count). The van der Waals surface area contributed by atoms with Crippen molar-refractivity contribution < 1.29 is 4.79 Å². The lowest BCUT2D eigenvalue weighted by Gasteiger charge is -2.13. The molecule has 2 aromatic carbocycles. The van der Waals surface area contributed by atoms with E-state index in [1.165, 1.54) is 11.1 Å². The summed E-state index contributed by atoms with van der Waals surface area (Å²) >= 11 is 0. The molecule has 0 aliphatic rings. The number of benzene rings is 2. The lowest BCUT2D eigenvalue weighted by atomic mass is 10.1. The maximum Gasteiger partial charge on any atom is 0.224 e. The van der Waals surface area contributed by atoms with Crippen LogP contribution in [0.2, 0.25) is 0 Å². The van der Waals surface area contributed by atoms with Gasteiger partial charge in [-0.1, -0.05) is 35.9 Å². The summed E-state index contributed by atoms with van der Waals surface area (Å²) in [4.78, 5) is 12.1. The summed E-state index contributed by atoms with van der Waals surface area (Å²) in [5.74, 6) is 0.0207. The molecule has 0 aliphatic carbocycles. The van der Waals surface area contributed by atoms with E-state index >= 15 is 0 Å². The van der Waals surface area contributed by atoms with Gasteiger partial charge in [0.1, 0.15) is 0 Å². The van der Waals surface area contributed by atoms with Crippen molar-refractivity contribution in [2.45, 2.75) is 33.6 Å². The third-order valence-corrected chi connectivity index (χ3v) is 3.74. The van der Waals surface area contributed by atoms with Gasteiger partial charge in [-0.05, 0) is 49.9 Å². The Morgan fingerprint density at radius 3 is 2.38 bits per heavy atom. The fourth-order valence-electron chi connectivity index (χ4n) is 2.27. The van der Waals surface area contributed by atoms with E-state index in [1.807, 2.05) is 26.0 Å². The number of carbonyl (C=O) groups excluding carboxylic acids is 1. The highest BCUT2D eigenvalue weighted by atomic mass is 16.1. The fourth-order valence-corrected chi connectivity index (χ4v) is 2.27. The van der Waals surface area contributed by atoms with E-state index in [4.69, 9.17) is 5.73 Å². The Balaban J connectivity index is 1.99. The molecule has 3 nitrogen and oxygen atoms in total. The molecule has 21 heavy (non-hydrogen) atoms. The molecule has 3 heteroatoms. The van der Waals surface area contributed by atoms with Gasteiger partial charge in [0.25, 0.3) is 0 Å². The number of amides is 1. The number of rotatable bonds is 4. The molecule has 0 aliphatic heterocycles. The first-order valence-corrected chi connectivity index (χ1v) is 7.18. The molecule has 0 unspecified atom stereocenters.